The number of aliphatic hydroxyl groups excluding tert-OH is 1. The quantitative estimate of drug-likeness (QED) is 0.567. The highest BCUT2D eigenvalue weighted by Gasteiger charge is 2.41. The van der Waals surface area contributed by atoms with Crippen LogP contribution in [0.3, 0.4) is 0 Å². The van der Waals surface area contributed by atoms with Gasteiger partial charge in [0.1, 0.15) is 12.2 Å². The molecule has 176 valence electrons. The molecule has 1 heterocycles. The maximum Gasteiger partial charge on any atom is 0.166 e. The van der Waals surface area contributed by atoms with Crippen molar-refractivity contribution in [2.45, 2.75) is 70.2 Å². The monoisotopic (exact) mass is 447 g/mol. The van der Waals surface area contributed by atoms with Crippen LogP contribution in [0.1, 0.15) is 56.6 Å². The standard InChI is InChI=1S/C28H37N3O2/c1-3-4-14-25(32)22(17-20-15-16-20)27(33)26-28(29)31(2)24-13-9-8-12-21(24)23(30-26)18-19-10-6-5-7-11-19/h5-13,20,22,25-26,28,32H,3-4,14-18,29H2,1-2H3. The van der Waals surface area contributed by atoms with Gasteiger partial charge in [-0.05, 0) is 30.4 Å². The van der Waals surface area contributed by atoms with Crippen molar-refractivity contribution in [1.82, 2.24) is 0 Å². The summed E-state index contributed by atoms with van der Waals surface area (Å²) in [6.45, 7) is 2.11. The average Bonchev–Trinajstić information content (AvgIpc) is 3.67. The molecule has 33 heavy (non-hydrogen) atoms. The fourth-order valence-electron chi connectivity index (χ4n) is 4.88. The first kappa shape index (κ1) is 23.7. The molecule has 2 aromatic rings. The number of anilines is 1. The second kappa shape index (κ2) is 10.6. The number of benzodiazepines with no additional fused rings is 1. The number of hydrogen-bond donors (Lipinski definition) is 2. The number of nitrogens with zero attached hydrogens (tertiary/aromatic N) is 2. The molecule has 3 N–H and O–H groups in total. The highest BCUT2D eigenvalue weighted by atomic mass is 16.3. The Hall–Kier alpha value is -2.50. The van der Waals surface area contributed by atoms with Crippen LogP contribution in [-0.2, 0) is 11.2 Å². The van der Waals surface area contributed by atoms with Crippen molar-refractivity contribution in [2.75, 3.05) is 11.9 Å². The summed E-state index contributed by atoms with van der Waals surface area (Å²) in [5.41, 5.74) is 10.7. The zero-order valence-corrected chi connectivity index (χ0v) is 19.9. The third-order valence-corrected chi connectivity index (χ3v) is 7.13. The lowest BCUT2D eigenvalue weighted by Crippen LogP contribution is -2.53. The number of aliphatic imine (C=N–C) groups is 1. The first-order valence-electron chi connectivity index (χ1n) is 12.4. The number of unbranched alkanes of at least 4 members (excludes halogenated alkanes) is 1. The van der Waals surface area contributed by atoms with Gasteiger partial charge in [0.25, 0.3) is 0 Å². The van der Waals surface area contributed by atoms with E-state index in [2.05, 4.69) is 25.1 Å². The van der Waals surface area contributed by atoms with E-state index in [1.807, 2.05) is 48.3 Å². The molecule has 0 spiro atoms. The molecule has 0 radical (unpaired) electrons. The van der Waals surface area contributed by atoms with E-state index in [-0.39, 0.29) is 5.78 Å². The lowest BCUT2D eigenvalue weighted by molar-refractivity contribution is -0.128. The predicted octanol–water partition coefficient (Wildman–Crippen LogP) is 4.36. The van der Waals surface area contributed by atoms with E-state index < -0.39 is 24.2 Å². The second-order valence-corrected chi connectivity index (χ2v) is 9.70. The zero-order valence-electron chi connectivity index (χ0n) is 19.9. The number of fused-ring (bicyclic) bond motifs is 1. The Morgan fingerprint density at radius 2 is 1.85 bits per heavy atom. The number of nitrogens with two attached hydrogens (primary N) is 1. The SMILES string of the molecule is CCCCC(O)C(CC1CC1)C(=O)C1N=C(Cc2ccccc2)c2ccccc2N(C)C1N. The maximum absolute atomic E-state index is 14.0. The molecule has 0 bridgehead atoms. The summed E-state index contributed by atoms with van der Waals surface area (Å²) in [5, 5.41) is 11.0. The summed E-state index contributed by atoms with van der Waals surface area (Å²) in [5.74, 6) is 0.125. The van der Waals surface area contributed by atoms with Crippen LogP contribution in [0.15, 0.2) is 59.6 Å². The highest BCUT2D eigenvalue weighted by molar-refractivity contribution is 6.08. The fourth-order valence-corrected chi connectivity index (χ4v) is 4.88. The fraction of sp³-hybridized carbons (Fsp3) is 0.500. The third kappa shape index (κ3) is 5.53. The minimum atomic E-state index is -0.707. The van der Waals surface area contributed by atoms with Crippen molar-refractivity contribution in [3.63, 3.8) is 0 Å². The number of hydrogen-bond acceptors (Lipinski definition) is 5. The first-order chi connectivity index (χ1) is 16.0. The molecule has 5 nitrogen and oxygen atoms in total. The van der Waals surface area contributed by atoms with Gasteiger partial charge in [0, 0.05) is 36.3 Å². The summed E-state index contributed by atoms with van der Waals surface area (Å²) >= 11 is 0. The topological polar surface area (TPSA) is 78.9 Å². The van der Waals surface area contributed by atoms with Gasteiger partial charge in [-0.25, -0.2) is 0 Å². The number of rotatable bonds is 10. The number of para-hydroxylation sites is 1. The van der Waals surface area contributed by atoms with Crippen LogP contribution in [0, 0.1) is 11.8 Å². The largest absolute Gasteiger partial charge is 0.392 e. The number of Topliss-reactive ketones (excluding diaryl/α,β-unsaturated/α-hetero) is 1. The van der Waals surface area contributed by atoms with E-state index in [1.165, 1.54) is 0 Å². The van der Waals surface area contributed by atoms with Crippen molar-refractivity contribution in [1.29, 1.82) is 0 Å². The van der Waals surface area contributed by atoms with Crippen molar-refractivity contribution in [3.8, 4) is 0 Å². The molecule has 5 heteroatoms. The van der Waals surface area contributed by atoms with Crippen LogP contribution in [0.5, 0.6) is 0 Å². The van der Waals surface area contributed by atoms with Crippen LogP contribution in [0.2, 0.25) is 0 Å². The van der Waals surface area contributed by atoms with Gasteiger partial charge >= 0.3 is 0 Å². The van der Waals surface area contributed by atoms with Crippen LogP contribution in [-0.4, -0.2) is 42.0 Å². The number of aliphatic hydroxyl groups is 1. The lowest BCUT2D eigenvalue weighted by atomic mass is 9.85. The number of benzene rings is 2. The van der Waals surface area contributed by atoms with Crippen LogP contribution in [0.4, 0.5) is 5.69 Å². The molecular formula is C28H37N3O2. The Bertz CT molecular complexity index is 970. The number of ketones is 1. The summed E-state index contributed by atoms with van der Waals surface area (Å²) < 4.78 is 0. The number of carbonyl (C=O) groups is 1. The predicted molar refractivity (Wildman–Crippen MR) is 135 cm³/mol. The van der Waals surface area contributed by atoms with Crippen molar-refractivity contribution in [2.24, 2.45) is 22.6 Å². The molecule has 1 fully saturated rings. The normalized spacial score (nSPS) is 22.2. The Kier molecular flexibility index (Phi) is 7.61. The van der Waals surface area contributed by atoms with E-state index in [0.717, 1.165) is 54.6 Å². The molecule has 0 aromatic heterocycles. The van der Waals surface area contributed by atoms with Gasteiger partial charge in [0.05, 0.1) is 6.10 Å². The lowest BCUT2D eigenvalue weighted by Gasteiger charge is -2.32. The Balaban J connectivity index is 1.70. The van der Waals surface area contributed by atoms with Gasteiger partial charge in [-0.1, -0.05) is 81.1 Å². The molecule has 2 aliphatic rings. The molecule has 0 amide bonds. The first-order valence-corrected chi connectivity index (χ1v) is 12.4. The molecule has 0 saturated heterocycles. The molecule has 2 aromatic carbocycles. The molecule has 1 aliphatic heterocycles. The molecule has 4 atom stereocenters. The van der Waals surface area contributed by atoms with Gasteiger partial charge in [0.15, 0.2) is 5.78 Å². The van der Waals surface area contributed by atoms with Gasteiger partial charge in [0.2, 0.25) is 0 Å². The minimum Gasteiger partial charge on any atom is -0.392 e. The van der Waals surface area contributed by atoms with Gasteiger partial charge in [-0.2, -0.15) is 0 Å². The van der Waals surface area contributed by atoms with Crippen LogP contribution >= 0.6 is 0 Å². The van der Waals surface area contributed by atoms with Gasteiger partial charge in [-0.3, -0.25) is 9.79 Å². The maximum atomic E-state index is 14.0. The van der Waals surface area contributed by atoms with Crippen molar-refractivity contribution in [3.05, 3.63) is 65.7 Å². The second-order valence-electron chi connectivity index (χ2n) is 9.70. The zero-order chi connectivity index (χ0) is 23.4. The molecule has 1 aliphatic carbocycles. The smallest absolute Gasteiger partial charge is 0.166 e. The van der Waals surface area contributed by atoms with Crippen molar-refractivity contribution < 1.29 is 9.90 Å². The van der Waals surface area contributed by atoms with Crippen LogP contribution in [0.25, 0.3) is 0 Å². The highest BCUT2D eigenvalue weighted by Crippen LogP contribution is 2.38. The Labute approximate surface area is 197 Å². The van der Waals surface area contributed by atoms with Crippen molar-refractivity contribution >= 4 is 17.2 Å². The van der Waals surface area contributed by atoms with E-state index in [0.29, 0.717) is 18.8 Å². The van der Waals surface area contributed by atoms with Gasteiger partial charge < -0.3 is 15.7 Å². The third-order valence-electron chi connectivity index (χ3n) is 7.13. The van der Waals surface area contributed by atoms with E-state index in [9.17, 15) is 9.90 Å². The number of carbonyl (C=O) groups excluding carboxylic acids is 1. The Morgan fingerprint density at radius 3 is 2.55 bits per heavy atom. The van der Waals surface area contributed by atoms with Crippen LogP contribution < -0.4 is 10.6 Å². The molecular weight excluding hydrogens is 410 g/mol. The molecule has 4 rings (SSSR count). The summed E-state index contributed by atoms with van der Waals surface area (Å²) in [6.07, 6.45) is 5.03. The summed E-state index contributed by atoms with van der Waals surface area (Å²) in [4.78, 5) is 21.0. The Morgan fingerprint density at radius 1 is 1.15 bits per heavy atom. The van der Waals surface area contributed by atoms with Gasteiger partial charge in [-0.15, -0.1) is 0 Å². The van der Waals surface area contributed by atoms with E-state index >= 15 is 0 Å². The number of likely N-dealkylation sites (N-methyl/N-ethyl adjacent to an activating group) is 1. The summed E-state index contributed by atoms with van der Waals surface area (Å²) in [7, 11) is 1.94. The molecule has 4 unspecified atom stereocenters. The summed E-state index contributed by atoms with van der Waals surface area (Å²) in [6, 6.07) is 17.6. The van der Waals surface area contributed by atoms with E-state index in [1.54, 1.807) is 0 Å². The van der Waals surface area contributed by atoms with E-state index in [4.69, 9.17) is 10.7 Å². The average molecular weight is 448 g/mol. The minimum absolute atomic E-state index is 0.0109. The molecule has 1 saturated carbocycles.